The number of nitrogens with one attached hydrogen (secondary N) is 1. The molecular weight excluding hydrogens is 200 g/mol. The van der Waals surface area contributed by atoms with Gasteiger partial charge in [0.05, 0.1) is 18.2 Å². The standard InChI is InChI=1S/C9H16N2O2S/c1-3-7-6(12)4-5-8(13-7)14-9(10-2)11-5/h5-8,12H,3-4H2,1-2H3,(H,10,11)/t5-,6+,7-,8-/m1/s1. The SMILES string of the molecule is CC[C@H]1O[C@@H]2SC(NC)=N[C@@H]2C[C@@H]1O. The average molecular weight is 216 g/mol. The highest BCUT2D eigenvalue weighted by molar-refractivity contribution is 8.14. The Labute approximate surface area is 88.1 Å². The zero-order chi connectivity index (χ0) is 10.1. The van der Waals surface area contributed by atoms with Crippen LogP contribution >= 0.6 is 11.8 Å². The normalized spacial score (nSPS) is 41.8. The summed E-state index contributed by atoms with van der Waals surface area (Å²) in [6.45, 7) is 2.04. The van der Waals surface area contributed by atoms with Crippen LogP contribution in [0, 0.1) is 0 Å². The van der Waals surface area contributed by atoms with E-state index in [-0.39, 0.29) is 23.7 Å². The van der Waals surface area contributed by atoms with Gasteiger partial charge < -0.3 is 15.2 Å². The fourth-order valence-electron chi connectivity index (χ4n) is 1.87. The summed E-state index contributed by atoms with van der Waals surface area (Å²) in [5.74, 6) is 0. The Hall–Kier alpha value is -0.260. The van der Waals surface area contributed by atoms with Gasteiger partial charge in [0.2, 0.25) is 0 Å². The molecule has 5 heteroatoms. The molecule has 0 unspecified atom stereocenters. The predicted octanol–water partition coefficient (Wildman–Crippen LogP) is 0.563. The van der Waals surface area contributed by atoms with E-state index in [1.54, 1.807) is 11.8 Å². The lowest BCUT2D eigenvalue weighted by atomic mass is 10.0. The molecule has 14 heavy (non-hydrogen) atoms. The Morgan fingerprint density at radius 2 is 2.50 bits per heavy atom. The number of aliphatic imine (C=N–C) groups is 1. The van der Waals surface area contributed by atoms with Crippen LogP contribution in [0.2, 0.25) is 0 Å². The van der Waals surface area contributed by atoms with Crippen molar-refractivity contribution in [1.82, 2.24) is 5.32 Å². The van der Waals surface area contributed by atoms with Crippen LogP contribution in [-0.4, -0.2) is 41.0 Å². The van der Waals surface area contributed by atoms with E-state index in [1.165, 1.54) is 0 Å². The number of fused-ring (bicyclic) bond motifs is 1. The van der Waals surface area contributed by atoms with Crippen molar-refractivity contribution in [2.45, 2.75) is 43.5 Å². The van der Waals surface area contributed by atoms with E-state index in [0.717, 1.165) is 18.0 Å². The zero-order valence-electron chi connectivity index (χ0n) is 8.43. The minimum atomic E-state index is -0.359. The molecule has 0 bridgehead atoms. The van der Waals surface area contributed by atoms with E-state index < -0.39 is 0 Å². The first-order valence-corrected chi connectivity index (χ1v) is 5.88. The maximum absolute atomic E-state index is 9.75. The lowest BCUT2D eigenvalue weighted by Gasteiger charge is -2.33. The number of aliphatic hydroxyl groups is 1. The summed E-state index contributed by atoms with van der Waals surface area (Å²) in [5.41, 5.74) is 0.103. The number of amidine groups is 1. The van der Waals surface area contributed by atoms with Crippen molar-refractivity contribution >= 4 is 16.9 Å². The van der Waals surface area contributed by atoms with Gasteiger partial charge in [-0.25, -0.2) is 0 Å². The molecule has 2 aliphatic rings. The van der Waals surface area contributed by atoms with Gasteiger partial charge in [-0.15, -0.1) is 0 Å². The molecule has 1 saturated heterocycles. The topological polar surface area (TPSA) is 53.8 Å². The lowest BCUT2D eigenvalue weighted by molar-refractivity contribution is -0.0937. The molecule has 4 atom stereocenters. The highest BCUT2D eigenvalue weighted by atomic mass is 32.2. The molecule has 0 aromatic rings. The molecule has 1 fully saturated rings. The number of aliphatic hydroxyl groups excluding tert-OH is 1. The predicted molar refractivity (Wildman–Crippen MR) is 57.4 cm³/mol. The zero-order valence-corrected chi connectivity index (χ0v) is 9.25. The minimum absolute atomic E-state index is 0.0184. The quantitative estimate of drug-likeness (QED) is 0.672. The molecule has 80 valence electrons. The van der Waals surface area contributed by atoms with Crippen LogP contribution in [0.25, 0.3) is 0 Å². The van der Waals surface area contributed by atoms with Gasteiger partial charge in [-0.1, -0.05) is 18.7 Å². The van der Waals surface area contributed by atoms with E-state index >= 15 is 0 Å². The Kier molecular flexibility index (Phi) is 2.99. The number of hydrogen-bond acceptors (Lipinski definition) is 5. The van der Waals surface area contributed by atoms with Gasteiger partial charge in [0, 0.05) is 13.5 Å². The summed E-state index contributed by atoms with van der Waals surface area (Å²) in [4.78, 5) is 4.43. The van der Waals surface area contributed by atoms with E-state index in [2.05, 4.69) is 10.3 Å². The van der Waals surface area contributed by atoms with Crippen LogP contribution in [0.1, 0.15) is 19.8 Å². The van der Waals surface area contributed by atoms with Gasteiger partial charge in [-0.3, -0.25) is 4.99 Å². The van der Waals surface area contributed by atoms with Crippen LogP contribution in [0.15, 0.2) is 4.99 Å². The first kappa shape index (κ1) is 10.3. The van der Waals surface area contributed by atoms with E-state index in [4.69, 9.17) is 4.74 Å². The van der Waals surface area contributed by atoms with Crippen LogP contribution in [-0.2, 0) is 4.74 Å². The summed E-state index contributed by atoms with van der Waals surface area (Å²) < 4.78 is 5.76. The summed E-state index contributed by atoms with van der Waals surface area (Å²) in [6, 6.07) is 0.125. The molecule has 2 aliphatic heterocycles. The Morgan fingerprint density at radius 3 is 3.14 bits per heavy atom. The Bertz CT molecular complexity index is 247. The molecule has 4 nitrogen and oxygen atoms in total. The van der Waals surface area contributed by atoms with Gasteiger partial charge in [-0.05, 0) is 6.42 Å². The fraction of sp³-hybridized carbons (Fsp3) is 0.889. The lowest BCUT2D eigenvalue weighted by Crippen LogP contribution is -2.43. The highest BCUT2D eigenvalue weighted by Crippen LogP contribution is 2.35. The third-order valence-corrected chi connectivity index (χ3v) is 3.85. The van der Waals surface area contributed by atoms with E-state index in [1.807, 2.05) is 14.0 Å². The van der Waals surface area contributed by atoms with E-state index in [9.17, 15) is 5.11 Å². The van der Waals surface area contributed by atoms with Crippen molar-refractivity contribution in [1.29, 1.82) is 0 Å². The van der Waals surface area contributed by atoms with Crippen LogP contribution in [0.4, 0.5) is 0 Å². The molecule has 2 heterocycles. The van der Waals surface area contributed by atoms with Crippen LogP contribution in [0.3, 0.4) is 0 Å². The van der Waals surface area contributed by atoms with Gasteiger partial charge in [0.25, 0.3) is 0 Å². The Balaban J connectivity index is 2.02. The van der Waals surface area contributed by atoms with E-state index in [0.29, 0.717) is 0 Å². The second kappa shape index (κ2) is 4.08. The summed E-state index contributed by atoms with van der Waals surface area (Å²) >= 11 is 1.62. The van der Waals surface area contributed by atoms with Gasteiger partial charge in [0.15, 0.2) is 5.17 Å². The monoisotopic (exact) mass is 216 g/mol. The van der Waals surface area contributed by atoms with Crippen LogP contribution in [0.5, 0.6) is 0 Å². The molecule has 0 aromatic heterocycles. The molecule has 0 aliphatic carbocycles. The number of ether oxygens (including phenoxy) is 1. The third kappa shape index (κ3) is 1.76. The van der Waals surface area contributed by atoms with Crippen LogP contribution < -0.4 is 5.32 Å². The molecule has 2 rings (SSSR count). The fourth-order valence-corrected chi connectivity index (χ4v) is 2.93. The molecule has 2 N–H and O–H groups in total. The van der Waals surface area contributed by atoms with Gasteiger partial charge >= 0.3 is 0 Å². The molecule has 0 saturated carbocycles. The second-order valence-electron chi connectivity index (χ2n) is 3.62. The number of rotatable bonds is 1. The summed E-state index contributed by atoms with van der Waals surface area (Å²) in [7, 11) is 1.86. The number of nitrogens with zero attached hydrogens (tertiary/aromatic N) is 1. The molecule has 0 aromatic carbocycles. The summed E-state index contributed by atoms with van der Waals surface area (Å²) in [5, 5.41) is 13.7. The van der Waals surface area contributed by atoms with Crippen molar-refractivity contribution in [2.75, 3.05) is 7.05 Å². The summed E-state index contributed by atoms with van der Waals surface area (Å²) in [6.07, 6.45) is 1.21. The molecule has 0 spiro atoms. The smallest absolute Gasteiger partial charge is 0.159 e. The minimum Gasteiger partial charge on any atom is -0.390 e. The first-order chi connectivity index (χ1) is 6.74. The molecule has 0 amide bonds. The molecule has 0 radical (unpaired) electrons. The van der Waals surface area contributed by atoms with Crippen molar-refractivity contribution < 1.29 is 9.84 Å². The van der Waals surface area contributed by atoms with Crippen molar-refractivity contribution in [3.8, 4) is 0 Å². The van der Waals surface area contributed by atoms with Crippen molar-refractivity contribution in [3.63, 3.8) is 0 Å². The van der Waals surface area contributed by atoms with Crippen molar-refractivity contribution in [3.05, 3.63) is 0 Å². The average Bonchev–Trinajstić information content (AvgIpc) is 2.58. The Morgan fingerprint density at radius 1 is 1.71 bits per heavy atom. The number of hydrogen-bond donors (Lipinski definition) is 2. The third-order valence-electron chi connectivity index (χ3n) is 2.66. The largest absolute Gasteiger partial charge is 0.390 e. The maximum atomic E-state index is 9.75. The number of thioether (sulfide) groups is 1. The van der Waals surface area contributed by atoms with Gasteiger partial charge in [0.1, 0.15) is 5.44 Å². The highest BCUT2D eigenvalue weighted by Gasteiger charge is 2.40. The van der Waals surface area contributed by atoms with Crippen molar-refractivity contribution in [2.24, 2.45) is 4.99 Å². The molecular formula is C9H16N2O2S. The van der Waals surface area contributed by atoms with Gasteiger partial charge in [-0.2, -0.15) is 0 Å². The second-order valence-corrected chi connectivity index (χ2v) is 4.71. The maximum Gasteiger partial charge on any atom is 0.159 e. The first-order valence-electron chi connectivity index (χ1n) is 5.00.